The van der Waals surface area contributed by atoms with Crippen LogP contribution < -0.4 is 10.6 Å². The maximum absolute atomic E-state index is 12.0. The van der Waals surface area contributed by atoms with Gasteiger partial charge in [0, 0.05) is 0 Å². The lowest BCUT2D eigenvalue weighted by atomic mass is 9.93. The van der Waals surface area contributed by atoms with Crippen LogP contribution >= 0.6 is 0 Å². The molecule has 1 amide bonds. The molecule has 0 aromatic heterocycles. The lowest BCUT2D eigenvalue weighted by molar-refractivity contribution is -0.142. The Morgan fingerprint density at radius 1 is 1.44 bits per heavy atom. The topological polar surface area (TPSA) is 78.4 Å². The molecule has 1 rings (SSSR count). The van der Waals surface area contributed by atoms with Gasteiger partial charge in [0.15, 0.2) is 0 Å². The molecule has 0 aromatic carbocycles. The van der Waals surface area contributed by atoms with Crippen molar-refractivity contribution in [3.63, 3.8) is 0 Å². The molecule has 1 aliphatic rings. The summed E-state index contributed by atoms with van der Waals surface area (Å²) in [5.41, 5.74) is 0. The molecule has 3 atom stereocenters. The second-order valence-electron chi connectivity index (χ2n) is 5.67. The van der Waals surface area contributed by atoms with Crippen LogP contribution in [-0.4, -0.2) is 35.6 Å². The zero-order valence-corrected chi connectivity index (χ0v) is 11.4. The SMILES string of the molecule is CC(C)C[C@H](NC(=O)C1CC(C)CCN1)C(=O)O. The Morgan fingerprint density at radius 3 is 2.61 bits per heavy atom. The van der Waals surface area contributed by atoms with Crippen LogP contribution in [0.5, 0.6) is 0 Å². The van der Waals surface area contributed by atoms with Crippen molar-refractivity contribution in [3.05, 3.63) is 0 Å². The molecule has 5 nitrogen and oxygen atoms in total. The molecule has 5 heteroatoms. The maximum Gasteiger partial charge on any atom is 0.326 e. The summed E-state index contributed by atoms with van der Waals surface area (Å²) in [4.78, 5) is 23.1. The highest BCUT2D eigenvalue weighted by Crippen LogP contribution is 2.15. The van der Waals surface area contributed by atoms with Gasteiger partial charge >= 0.3 is 5.97 Å². The van der Waals surface area contributed by atoms with Crippen LogP contribution in [0.1, 0.15) is 40.0 Å². The first kappa shape index (κ1) is 15.0. The van der Waals surface area contributed by atoms with Crippen LogP contribution in [0.3, 0.4) is 0 Å². The van der Waals surface area contributed by atoms with Crippen LogP contribution in [0.25, 0.3) is 0 Å². The molecule has 1 heterocycles. The maximum atomic E-state index is 12.0. The summed E-state index contributed by atoms with van der Waals surface area (Å²) in [6.45, 7) is 6.83. The van der Waals surface area contributed by atoms with E-state index < -0.39 is 12.0 Å². The first-order chi connectivity index (χ1) is 8.40. The Kier molecular flexibility index (Phi) is 5.59. The molecular weight excluding hydrogens is 232 g/mol. The number of hydrogen-bond acceptors (Lipinski definition) is 3. The van der Waals surface area contributed by atoms with Gasteiger partial charge in [0.1, 0.15) is 6.04 Å². The van der Waals surface area contributed by atoms with E-state index in [2.05, 4.69) is 17.6 Å². The number of piperidine rings is 1. The minimum absolute atomic E-state index is 0.186. The Labute approximate surface area is 108 Å². The molecule has 1 fully saturated rings. The van der Waals surface area contributed by atoms with Gasteiger partial charge in [0.2, 0.25) is 5.91 Å². The summed E-state index contributed by atoms with van der Waals surface area (Å²) in [7, 11) is 0. The number of amides is 1. The van der Waals surface area contributed by atoms with Gasteiger partial charge in [-0.3, -0.25) is 4.79 Å². The Hall–Kier alpha value is -1.10. The van der Waals surface area contributed by atoms with Gasteiger partial charge in [-0.2, -0.15) is 0 Å². The Morgan fingerprint density at radius 2 is 2.11 bits per heavy atom. The van der Waals surface area contributed by atoms with Gasteiger partial charge < -0.3 is 15.7 Å². The minimum Gasteiger partial charge on any atom is -0.480 e. The highest BCUT2D eigenvalue weighted by atomic mass is 16.4. The molecule has 1 aliphatic heterocycles. The van der Waals surface area contributed by atoms with Crippen molar-refractivity contribution in [1.82, 2.24) is 10.6 Å². The third kappa shape index (κ3) is 4.64. The Bertz CT molecular complexity index is 305. The summed E-state index contributed by atoms with van der Waals surface area (Å²) < 4.78 is 0. The van der Waals surface area contributed by atoms with E-state index in [-0.39, 0.29) is 17.9 Å². The summed E-state index contributed by atoms with van der Waals surface area (Å²) in [6.07, 6.45) is 2.31. The highest BCUT2D eigenvalue weighted by Gasteiger charge is 2.28. The molecule has 0 saturated carbocycles. The number of nitrogens with one attached hydrogen (secondary N) is 2. The van der Waals surface area contributed by atoms with Crippen LogP contribution in [0.2, 0.25) is 0 Å². The number of hydrogen-bond donors (Lipinski definition) is 3. The molecule has 18 heavy (non-hydrogen) atoms. The second-order valence-corrected chi connectivity index (χ2v) is 5.67. The number of carbonyl (C=O) groups is 2. The van der Waals surface area contributed by atoms with E-state index in [9.17, 15) is 9.59 Å². The zero-order valence-electron chi connectivity index (χ0n) is 11.4. The van der Waals surface area contributed by atoms with E-state index in [1.54, 1.807) is 0 Å². The third-order valence-electron chi connectivity index (χ3n) is 3.30. The average Bonchev–Trinajstić information content (AvgIpc) is 2.27. The van der Waals surface area contributed by atoms with Gasteiger partial charge in [0.05, 0.1) is 6.04 Å². The van der Waals surface area contributed by atoms with E-state index in [1.807, 2.05) is 13.8 Å². The van der Waals surface area contributed by atoms with Crippen LogP contribution in [0.4, 0.5) is 0 Å². The molecule has 2 unspecified atom stereocenters. The molecule has 1 saturated heterocycles. The molecule has 0 aliphatic carbocycles. The molecule has 0 aromatic rings. The first-order valence-electron chi connectivity index (χ1n) is 6.66. The third-order valence-corrected chi connectivity index (χ3v) is 3.30. The van der Waals surface area contributed by atoms with Crippen LogP contribution in [0, 0.1) is 11.8 Å². The summed E-state index contributed by atoms with van der Waals surface area (Å²) in [5.74, 6) is -0.393. The van der Waals surface area contributed by atoms with Crippen LogP contribution in [0.15, 0.2) is 0 Å². The van der Waals surface area contributed by atoms with Gasteiger partial charge in [-0.25, -0.2) is 4.79 Å². The molecule has 0 spiro atoms. The minimum atomic E-state index is -0.957. The largest absolute Gasteiger partial charge is 0.480 e. The molecule has 0 bridgehead atoms. The smallest absolute Gasteiger partial charge is 0.326 e. The monoisotopic (exact) mass is 256 g/mol. The summed E-state index contributed by atoms with van der Waals surface area (Å²) in [6, 6.07) is -1.03. The fraction of sp³-hybridized carbons (Fsp3) is 0.846. The lowest BCUT2D eigenvalue weighted by Crippen LogP contribution is -2.52. The number of carboxylic acid groups (broad SMARTS) is 1. The van der Waals surface area contributed by atoms with E-state index in [0.717, 1.165) is 19.4 Å². The predicted octanol–water partition coefficient (Wildman–Crippen LogP) is 0.990. The van der Waals surface area contributed by atoms with Crippen molar-refractivity contribution < 1.29 is 14.7 Å². The zero-order chi connectivity index (χ0) is 13.7. The normalized spacial score (nSPS) is 25.8. The molecule has 0 radical (unpaired) electrons. The molecule has 3 N–H and O–H groups in total. The van der Waals surface area contributed by atoms with Crippen molar-refractivity contribution >= 4 is 11.9 Å². The number of carboxylic acids is 1. The quantitative estimate of drug-likeness (QED) is 0.685. The van der Waals surface area contributed by atoms with Crippen molar-refractivity contribution in [2.45, 2.75) is 52.1 Å². The standard InChI is InChI=1S/C13H24N2O3/c1-8(2)6-11(13(17)18)15-12(16)10-7-9(3)4-5-14-10/h8-11,14H,4-7H2,1-3H3,(H,15,16)(H,17,18)/t9?,10?,11-/m0/s1. The average molecular weight is 256 g/mol. The van der Waals surface area contributed by atoms with Gasteiger partial charge in [-0.05, 0) is 37.6 Å². The van der Waals surface area contributed by atoms with Gasteiger partial charge in [-0.1, -0.05) is 20.8 Å². The van der Waals surface area contributed by atoms with Crippen molar-refractivity contribution in [2.75, 3.05) is 6.54 Å². The molecular formula is C13H24N2O3. The van der Waals surface area contributed by atoms with Crippen LogP contribution in [-0.2, 0) is 9.59 Å². The van der Waals surface area contributed by atoms with Gasteiger partial charge in [-0.15, -0.1) is 0 Å². The fourth-order valence-corrected chi connectivity index (χ4v) is 2.27. The van der Waals surface area contributed by atoms with Gasteiger partial charge in [0.25, 0.3) is 0 Å². The second kappa shape index (κ2) is 6.73. The lowest BCUT2D eigenvalue weighted by Gasteiger charge is -2.28. The van der Waals surface area contributed by atoms with E-state index >= 15 is 0 Å². The number of carbonyl (C=O) groups excluding carboxylic acids is 1. The summed E-state index contributed by atoms with van der Waals surface area (Å²) in [5, 5.41) is 14.9. The fourth-order valence-electron chi connectivity index (χ4n) is 2.27. The number of rotatable bonds is 5. The van der Waals surface area contributed by atoms with Crippen molar-refractivity contribution in [1.29, 1.82) is 0 Å². The number of aliphatic carboxylic acids is 1. The summed E-state index contributed by atoms with van der Waals surface area (Å²) >= 11 is 0. The Balaban J connectivity index is 2.52. The molecule has 104 valence electrons. The van der Waals surface area contributed by atoms with E-state index in [4.69, 9.17) is 5.11 Å². The van der Waals surface area contributed by atoms with E-state index in [1.165, 1.54) is 0 Å². The van der Waals surface area contributed by atoms with Crippen molar-refractivity contribution in [2.24, 2.45) is 11.8 Å². The predicted molar refractivity (Wildman–Crippen MR) is 69.2 cm³/mol. The van der Waals surface area contributed by atoms with E-state index in [0.29, 0.717) is 12.3 Å². The first-order valence-corrected chi connectivity index (χ1v) is 6.66. The highest BCUT2D eigenvalue weighted by molar-refractivity contribution is 5.87. The van der Waals surface area contributed by atoms with Crippen molar-refractivity contribution in [3.8, 4) is 0 Å².